The molecule has 1 aromatic heterocycles. The molecule has 2 aromatic rings. The highest BCUT2D eigenvalue weighted by Crippen LogP contribution is 2.15. The second-order valence-corrected chi connectivity index (χ2v) is 4.93. The van der Waals surface area contributed by atoms with Crippen molar-refractivity contribution in [3.05, 3.63) is 48.5 Å². The highest BCUT2D eigenvalue weighted by Gasteiger charge is 2.04. The van der Waals surface area contributed by atoms with E-state index in [9.17, 15) is 0 Å². The third kappa shape index (κ3) is 4.97. The zero-order chi connectivity index (χ0) is 14.9. The molecule has 0 aliphatic heterocycles. The molecule has 21 heavy (non-hydrogen) atoms. The van der Waals surface area contributed by atoms with Crippen LogP contribution in [-0.2, 0) is 4.74 Å². The maximum Gasteiger partial charge on any atom is 0.0991 e. The lowest BCUT2D eigenvalue weighted by Crippen LogP contribution is -2.21. The van der Waals surface area contributed by atoms with E-state index in [1.54, 1.807) is 12.5 Å². The molecule has 0 bridgehead atoms. The summed E-state index contributed by atoms with van der Waals surface area (Å²) in [7, 11) is 0. The maximum atomic E-state index is 8.60. The number of imidazole rings is 1. The van der Waals surface area contributed by atoms with Gasteiger partial charge in [-0.2, -0.15) is 0 Å². The number of hydrogen-bond donors (Lipinski definition) is 2. The standard InChI is InChI=1S/C16H23N3O2/c1-14(18-7-2-11-21-12-10-20)15-3-5-16(6-4-15)19-9-8-17-13-19/h3-6,8-9,13-14,18,20H,2,7,10-12H2,1H3. The Morgan fingerprint density at radius 3 is 2.76 bits per heavy atom. The van der Waals surface area contributed by atoms with Gasteiger partial charge in [-0.15, -0.1) is 0 Å². The zero-order valence-electron chi connectivity index (χ0n) is 12.4. The molecule has 0 fully saturated rings. The lowest BCUT2D eigenvalue weighted by Gasteiger charge is -2.15. The van der Waals surface area contributed by atoms with Crippen molar-refractivity contribution in [2.75, 3.05) is 26.4 Å². The summed E-state index contributed by atoms with van der Waals surface area (Å²) in [5.74, 6) is 0. The minimum atomic E-state index is 0.0904. The molecule has 0 aliphatic carbocycles. The van der Waals surface area contributed by atoms with Crippen LogP contribution < -0.4 is 5.32 Å². The van der Waals surface area contributed by atoms with E-state index in [0.29, 0.717) is 19.3 Å². The molecule has 2 N–H and O–H groups in total. The Kier molecular flexibility index (Phi) is 6.40. The number of benzene rings is 1. The fourth-order valence-electron chi connectivity index (χ4n) is 2.12. The van der Waals surface area contributed by atoms with Crippen molar-refractivity contribution in [2.45, 2.75) is 19.4 Å². The summed E-state index contributed by atoms with van der Waals surface area (Å²) < 4.78 is 7.22. The number of ether oxygens (including phenoxy) is 1. The first kappa shape index (κ1) is 15.7. The lowest BCUT2D eigenvalue weighted by atomic mass is 10.1. The smallest absolute Gasteiger partial charge is 0.0991 e. The minimum Gasteiger partial charge on any atom is -0.394 e. The van der Waals surface area contributed by atoms with E-state index < -0.39 is 0 Å². The van der Waals surface area contributed by atoms with E-state index in [1.165, 1.54) is 5.56 Å². The van der Waals surface area contributed by atoms with Crippen molar-refractivity contribution < 1.29 is 9.84 Å². The summed E-state index contributed by atoms with van der Waals surface area (Å²) in [6.07, 6.45) is 6.44. The fourth-order valence-corrected chi connectivity index (χ4v) is 2.12. The Morgan fingerprint density at radius 2 is 2.10 bits per heavy atom. The third-order valence-electron chi connectivity index (χ3n) is 3.35. The number of nitrogens with one attached hydrogen (secondary N) is 1. The predicted octanol–water partition coefficient (Wildman–Crippen LogP) is 1.92. The van der Waals surface area contributed by atoms with Crippen LogP contribution >= 0.6 is 0 Å². The van der Waals surface area contributed by atoms with Gasteiger partial charge in [0.05, 0.1) is 19.5 Å². The van der Waals surface area contributed by atoms with Crippen molar-refractivity contribution >= 4 is 0 Å². The van der Waals surface area contributed by atoms with Crippen molar-refractivity contribution in [3.8, 4) is 5.69 Å². The van der Waals surface area contributed by atoms with Gasteiger partial charge in [-0.3, -0.25) is 0 Å². The molecule has 114 valence electrons. The van der Waals surface area contributed by atoms with E-state index in [1.807, 2.05) is 10.8 Å². The lowest BCUT2D eigenvalue weighted by molar-refractivity contribution is 0.0904. The SMILES string of the molecule is CC(NCCCOCCO)c1ccc(-n2ccnc2)cc1. The Balaban J connectivity index is 1.76. The van der Waals surface area contributed by atoms with Crippen molar-refractivity contribution in [1.29, 1.82) is 0 Å². The van der Waals surface area contributed by atoms with Gasteiger partial charge >= 0.3 is 0 Å². The summed E-state index contributed by atoms with van der Waals surface area (Å²) in [6, 6.07) is 8.77. The number of nitrogens with zero attached hydrogens (tertiary/aromatic N) is 2. The molecular formula is C16H23N3O2. The second kappa shape index (κ2) is 8.56. The number of aromatic nitrogens is 2. The van der Waals surface area contributed by atoms with E-state index in [-0.39, 0.29) is 6.61 Å². The molecule has 1 heterocycles. The maximum absolute atomic E-state index is 8.60. The summed E-state index contributed by atoms with van der Waals surface area (Å²) >= 11 is 0. The first-order valence-corrected chi connectivity index (χ1v) is 7.31. The van der Waals surface area contributed by atoms with E-state index in [0.717, 1.165) is 18.7 Å². The molecule has 5 nitrogen and oxygen atoms in total. The van der Waals surface area contributed by atoms with Crippen molar-refractivity contribution in [1.82, 2.24) is 14.9 Å². The summed E-state index contributed by atoms with van der Waals surface area (Å²) in [5, 5.41) is 12.1. The monoisotopic (exact) mass is 289 g/mol. The topological polar surface area (TPSA) is 59.3 Å². The first-order valence-electron chi connectivity index (χ1n) is 7.31. The normalized spacial score (nSPS) is 12.5. The number of rotatable bonds is 9. The molecule has 0 amide bonds. The van der Waals surface area contributed by atoms with Crippen molar-refractivity contribution in [2.24, 2.45) is 0 Å². The van der Waals surface area contributed by atoms with E-state index in [4.69, 9.17) is 9.84 Å². The molecule has 1 atom stereocenters. The predicted molar refractivity (Wildman–Crippen MR) is 82.5 cm³/mol. The molecular weight excluding hydrogens is 266 g/mol. The van der Waals surface area contributed by atoms with Gasteiger partial charge in [0.25, 0.3) is 0 Å². The van der Waals surface area contributed by atoms with Gasteiger partial charge in [0.15, 0.2) is 0 Å². The minimum absolute atomic E-state index is 0.0904. The van der Waals surface area contributed by atoms with E-state index in [2.05, 4.69) is 41.5 Å². The van der Waals surface area contributed by atoms with Gasteiger partial charge < -0.3 is 19.7 Å². The highest BCUT2D eigenvalue weighted by molar-refractivity contribution is 5.35. The molecule has 0 spiro atoms. The van der Waals surface area contributed by atoms with Crippen LogP contribution in [0.15, 0.2) is 43.0 Å². The van der Waals surface area contributed by atoms with Gasteiger partial charge in [-0.1, -0.05) is 12.1 Å². The van der Waals surface area contributed by atoms with Crippen LogP contribution in [0.3, 0.4) is 0 Å². The molecule has 1 unspecified atom stereocenters. The Morgan fingerprint density at radius 1 is 1.29 bits per heavy atom. The summed E-state index contributed by atoms with van der Waals surface area (Å²) in [4.78, 5) is 4.05. The highest BCUT2D eigenvalue weighted by atomic mass is 16.5. The largest absolute Gasteiger partial charge is 0.394 e. The molecule has 0 aliphatic rings. The number of aliphatic hydroxyl groups excluding tert-OH is 1. The van der Waals surface area contributed by atoms with Gasteiger partial charge in [-0.05, 0) is 37.6 Å². The van der Waals surface area contributed by atoms with Gasteiger partial charge in [0, 0.05) is 30.7 Å². The quantitative estimate of drug-likeness (QED) is 0.692. The Bertz CT molecular complexity index is 497. The summed E-state index contributed by atoms with van der Waals surface area (Å²) in [6.45, 7) is 4.24. The van der Waals surface area contributed by atoms with Crippen LogP contribution in [0.1, 0.15) is 24.9 Å². The van der Waals surface area contributed by atoms with Crippen molar-refractivity contribution in [3.63, 3.8) is 0 Å². The zero-order valence-corrected chi connectivity index (χ0v) is 12.4. The second-order valence-electron chi connectivity index (χ2n) is 4.93. The Hall–Kier alpha value is -1.69. The Labute approximate surface area is 125 Å². The first-order chi connectivity index (χ1) is 10.3. The molecule has 5 heteroatoms. The van der Waals surface area contributed by atoms with Crippen LogP contribution in [0, 0.1) is 0 Å². The number of hydrogen-bond acceptors (Lipinski definition) is 4. The van der Waals surface area contributed by atoms with Crippen LogP contribution in [0.5, 0.6) is 0 Å². The third-order valence-corrected chi connectivity index (χ3v) is 3.35. The average Bonchev–Trinajstić information content (AvgIpc) is 3.05. The van der Waals surface area contributed by atoms with Crippen LogP contribution in [0.4, 0.5) is 0 Å². The van der Waals surface area contributed by atoms with Gasteiger partial charge in [0.2, 0.25) is 0 Å². The summed E-state index contributed by atoms with van der Waals surface area (Å²) in [5.41, 5.74) is 2.37. The molecule has 0 radical (unpaired) electrons. The molecule has 0 saturated carbocycles. The molecule has 0 saturated heterocycles. The molecule has 2 rings (SSSR count). The molecule has 1 aromatic carbocycles. The van der Waals surface area contributed by atoms with E-state index >= 15 is 0 Å². The van der Waals surface area contributed by atoms with Crippen LogP contribution in [0.25, 0.3) is 5.69 Å². The number of aliphatic hydroxyl groups is 1. The van der Waals surface area contributed by atoms with Gasteiger partial charge in [0.1, 0.15) is 0 Å². The fraction of sp³-hybridized carbons (Fsp3) is 0.438. The average molecular weight is 289 g/mol. The van der Waals surface area contributed by atoms with Crippen LogP contribution in [-0.4, -0.2) is 41.0 Å². The van der Waals surface area contributed by atoms with Crippen LogP contribution in [0.2, 0.25) is 0 Å². The van der Waals surface area contributed by atoms with Gasteiger partial charge in [-0.25, -0.2) is 4.98 Å².